The number of phosphoric ester groups is 2. The molecule has 0 aliphatic carbocycles. The fraction of sp³-hybridized carbons (Fsp3) is 0.957. The van der Waals surface area contributed by atoms with E-state index in [1.54, 1.807) is 0 Å². The largest absolute Gasteiger partial charge is 0.472 e. The molecule has 112 heavy (non-hydrogen) atoms. The first-order chi connectivity index (χ1) is 54.5. The van der Waals surface area contributed by atoms with Gasteiger partial charge in [0.15, 0.2) is 12.2 Å². The van der Waals surface area contributed by atoms with Crippen molar-refractivity contribution in [2.24, 2.45) is 5.92 Å². The summed E-state index contributed by atoms with van der Waals surface area (Å²) in [7, 11) is -9.94. The molecule has 17 nitrogen and oxygen atoms in total. The molecule has 0 amide bonds. The Labute approximate surface area is 689 Å². The lowest BCUT2D eigenvalue weighted by molar-refractivity contribution is -0.161. The first kappa shape index (κ1) is 110. The summed E-state index contributed by atoms with van der Waals surface area (Å²) in [6.07, 6.45) is 82.2. The molecule has 5 atom stereocenters. The van der Waals surface area contributed by atoms with Gasteiger partial charge in [-0.15, -0.1) is 0 Å². The van der Waals surface area contributed by atoms with Gasteiger partial charge in [0.2, 0.25) is 0 Å². The molecule has 19 heteroatoms. The van der Waals surface area contributed by atoms with Crippen LogP contribution in [0.25, 0.3) is 0 Å². The zero-order valence-corrected chi connectivity index (χ0v) is 75.6. The number of carbonyl (C=O) groups is 4. The third-order valence-corrected chi connectivity index (χ3v) is 23.9. The first-order valence-corrected chi connectivity index (χ1v) is 51.1. The van der Waals surface area contributed by atoms with Crippen molar-refractivity contribution < 1.29 is 80.2 Å². The number of hydrogen-bond acceptors (Lipinski definition) is 15. The summed E-state index contributed by atoms with van der Waals surface area (Å²) in [4.78, 5) is 73.5. The van der Waals surface area contributed by atoms with Crippen LogP contribution in [-0.4, -0.2) is 96.7 Å². The summed E-state index contributed by atoms with van der Waals surface area (Å²) in [5.74, 6) is -1.37. The van der Waals surface area contributed by atoms with Crippen LogP contribution in [0.4, 0.5) is 0 Å². The van der Waals surface area contributed by atoms with E-state index in [2.05, 4.69) is 34.6 Å². The molecule has 666 valence electrons. The Morgan fingerprint density at radius 2 is 0.411 bits per heavy atom. The predicted octanol–water partition coefficient (Wildman–Crippen LogP) is 29.1. The number of rotatable bonds is 93. The number of aliphatic hydroxyl groups excluding tert-OH is 1. The van der Waals surface area contributed by atoms with Crippen LogP contribution in [0.3, 0.4) is 0 Å². The molecule has 0 rings (SSSR count). The molecular formula is C93H182O17P2. The van der Waals surface area contributed by atoms with Gasteiger partial charge in [0.25, 0.3) is 0 Å². The molecule has 0 saturated carbocycles. The summed E-state index contributed by atoms with van der Waals surface area (Å²) in [5.41, 5.74) is 0. The average Bonchev–Trinajstić information content (AvgIpc) is 0.899. The highest BCUT2D eigenvalue weighted by atomic mass is 31.2. The van der Waals surface area contributed by atoms with Gasteiger partial charge in [0.1, 0.15) is 19.3 Å². The highest BCUT2D eigenvalue weighted by Gasteiger charge is 2.31. The lowest BCUT2D eigenvalue weighted by Gasteiger charge is -2.21. The van der Waals surface area contributed by atoms with Crippen LogP contribution in [0.2, 0.25) is 0 Å². The van der Waals surface area contributed by atoms with E-state index in [1.807, 2.05) is 0 Å². The van der Waals surface area contributed by atoms with Gasteiger partial charge in [-0.3, -0.25) is 37.3 Å². The molecule has 0 aliphatic rings. The number of esters is 4. The highest BCUT2D eigenvalue weighted by molar-refractivity contribution is 7.47. The maximum Gasteiger partial charge on any atom is 0.472 e. The molecule has 0 heterocycles. The van der Waals surface area contributed by atoms with Crippen molar-refractivity contribution in [3.05, 3.63) is 0 Å². The van der Waals surface area contributed by atoms with E-state index in [1.165, 1.54) is 334 Å². The second kappa shape index (κ2) is 85.5. The number of ether oxygens (including phenoxy) is 4. The van der Waals surface area contributed by atoms with E-state index in [4.69, 9.17) is 37.0 Å². The summed E-state index contributed by atoms with van der Waals surface area (Å²) in [5, 5.41) is 10.7. The van der Waals surface area contributed by atoms with Crippen LogP contribution in [0.5, 0.6) is 0 Å². The van der Waals surface area contributed by atoms with Crippen LogP contribution in [0.15, 0.2) is 0 Å². The zero-order chi connectivity index (χ0) is 81.8. The van der Waals surface area contributed by atoms with E-state index in [0.29, 0.717) is 25.7 Å². The molecule has 0 aliphatic heterocycles. The Balaban J connectivity index is 5.22. The van der Waals surface area contributed by atoms with E-state index in [9.17, 15) is 43.2 Å². The quantitative estimate of drug-likeness (QED) is 0.0222. The molecule has 0 saturated heterocycles. The maximum atomic E-state index is 13.2. The van der Waals surface area contributed by atoms with Gasteiger partial charge in [-0.05, 0) is 31.6 Å². The number of unbranched alkanes of at least 4 members (excludes halogenated alkanes) is 65. The van der Waals surface area contributed by atoms with Gasteiger partial charge in [0.05, 0.1) is 26.4 Å². The molecule has 3 N–H and O–H groups in total. The number of hydrogen-bond donors (Lipinski definition) is 3. The summed E-state index contributed by atoms with van der Waals surface area (Å²) >= 11 is 0. The SMILES string of the molecule is CCCCCCCCCCCCCCCCCCCCCCCC(=O)O[C@H](COC(=O)CCCCCCCCCCCCCCCCCCCCCC)COP(=O)(O)OC[C@@H](O)COP(=O)(O)OC[C@@H](COC(=O)CCCCCCCCCCC(C)C)OC(=O)CCCCCCCCCCCCCCCCCCCCCC. The second-order valence-electron chi connectivity index (χ2n) is 33.9. The zero-order valence-electron chi connectivity index (χ0n) is 73.8. The minimum atomic E-state index is -4.97. The summed E-state index contributed by atoms with van der Waals surface area (Å²) in [6.45, 7) is 7.37. The Hall–Kier alpha value is -1.94. The van der Waals surface area contributed by atoms with Gasteiger partial charge in [-0.1, -0.05) is 458 Å². The fourth-order valence-electron chi connectivity index (χ4n) is 14.7. The molecule has 0 aromatic carbocycles. The Morgan fingerprint density at radius 3 is 0.607 bits per heavy atom. The van der Waals surface area contributed by atoms with Crippen molar-refractivity contribution in [1.29, 1.82) is 0 Å². The number of carbonyl (C=O) groups excluding carboxylic acids is 4. The molecular weight excluding hydrogens is 1450 g/mol. The van der Waals surface area contributed by atoms with Crippen molar-refractivity contribution in [3.63, 3.8) is 0 Å². The lowest BCUT2D eigenvalue weighted by Crippen LogP contribution is -2.30. The van der Waals surface area contributed by atoms with Gasteiger partial charge in [0, 0.05) is 25.7 Å². The van der Waals surface area contributed by atoms with Crippen LogP contribution >= 0.6 is 15.6 Å². The minimum Gasteiger partial charge on any atom is -0.462 e. The van der Waals surface area contributed by atoms with E-state index >= 15 is 0 Å². The van der Waals surface area contributed by atoms with Crippen LogP contribution < -0.4 is 0 Å². The predicted molar refractivity (Wildman–Crippen MR) is 465 cm³/mol. The highest BCUT2D eigenvalue weighted by Crippen LogP contribution is 2.45. The average molecular weight is 1630 g/mol. The van der Waals surface area contributed by atoms with Gasteiger partial charge in [-0.25, -0.2) is 9.13 Å². The monoisotopic (exact) mass is 1630 g/mol. The molecule has 0 spiro atoms. The lowest BCUT2D eigenvalue weighted by atomic mass is 10.0. The summed E-state index contributed by atoms with van der Waals surface area (Å²) < 4.78 is 69.1. The Bertz CT molecular complexity index is 2120. The van der Waals surface area contributed by atoms with Crippen molar-refractivity contribution in [2.45, 2.75) is 528 Å². The Morgan fingerprint density at radius 1 is 0.241 bits per heavy atom. The van der Waals surface area contributed by atoms with Crippen molar-refractivity contribution in [2.75, 3.05) is 39.6 Å². The third kappa shape index (κ3) is 85.9. The number of phosphoric acid groups is 2. The fourth-order valence-corrected chi connectivity index (χ4v) is 16.3. The van der Waals surface area contributed by atoms with E-state index in [0.717, 1.165) is 95.8 Å². The smallest absolute Gasteiger partial charge is 0.462 e. The minimum absolute atomic E-state index is 0.109. The van der Waals surface area contributed by atoms with Gasteiger partial charge >= 0.3 is 39.5 Å². The van der Waals surface area contributed by atoms with E-state index < -0.39 is 97.5 Å². The third-order valence-electron chi connectivity index (χ3n) is 22.0. The van der Waals surface area contributed by atoms with Crippen LogP contribution in [-0.2, 0) is 65.4 Å². The normalized spacial score (nSPS) is 13.7. The molecule has 0 bridgehead atoms. The summed E-state index contributed by atoms with van der Waals surface area (Å²) in [6, 6.07) is 0. The number of aliphatic hydroxyl groups is 1. The van der Waals surface area contributed by atoms with Crippen LogP contribution in [0.1, 0.15) is 510 Å². The second-order valence-corrected chi connectivity index (χ2v) is 36.8. The molecule has 2 unspecified atom stereocenters. The topological polar surface area (TPSA) is 237 Å². The van der Waals surface area contributed by atoms with Crippen molar-refractivity contribution in [3.8, 4) is 0 Å². The molecule has 0 aromatic rings. The van der Waals surface area contributed by atoms with Crippen LogP contribution in [0, 0.1) is 5.92 Å². The van der Waals surface area contributed by atoms with Crippen molar-refractivity contribution in [1.82, 2.24) is 0 Å². The maximum absolute atomic E-state index is 13.2. The van der Waals surface area contributed by atoms with E-state index in [-0.39, 0.29) is 25.7 Å². The standard InChI is InChI=1S/C93H182O17P2/c1-6-9-12-15-18-21-24-27-30-33-36-39-42-45-48-51-54-57-64-69-73-78-92(97)109-88(82-103-90(95)76-71-66-61-55-52-49-46-43-40-37-34-31-28-25-22-19-16-13-10-7-2)84-107-111(99,100)105-80-87(94)81-106-112(101,102)108-85-89(83-104-91(96)77-72-67-62-59-58-60-65-70-75-86(4)5)110-93(98)79-74-68-63-56-53-50-47-44-41-38-35-32-29-26-23-20-17-14-11-8-3/h86-89,94H,6-85H2,1-5H3,(H,99,100)(H,101,102)/t87-,88-,89-/m1/s1. The molecule has 0 aromatic heterocycles. The van der Waals surface area contributed by atoms with Crippen molar-refractivity contribution >= 4 is 39.5 Å². The Kier molecular flexibility index (Phi) is 84.0. The first-order valence-electron chi connectivity index (χ1n) is 48.1. The molecule has 0 fully saturated rings. The molecule has 0 radical (unpaired) electrons. The van der Waals surface area contributed by atoms with Gasteiger partial charge in [-0.2, -0.15) is 0 Å². The van der Waals surface area contributed by atoms with Gasteiger partial charge < -0.3 is 33.8 Å².